The van der Waals surface area contributed by atoms with Crippen molar-refractivity contribution >= 4 is 16.7 Å². The van der Waals surface area contributed by atoms with E-state index in [9.17, 15) is 4.79 Å². The van der Waals surface area contributed by atoms with Gasteiger partial charge in [0.1, 0.15) is 5.75 Å². The van der Waals surface area contributed by atoms with Crippen LogP contribution in [0.15, 0.2) is 42.5 Å². The molecule has 0 spiro atoms. The maximum absolute atomic E-state index is 11.3. The number of carbonyl (C=O) groups excluding carboxylic acids is 1. The third-order valence-electron chi connectivity index (χ3n) is 2.48. The fourth-order valence-electron chi connectivity index (χ4n) is 1.61. The SMILES string of the molecule is C#CCNC(=O)COc1ccc2ccccc2c1. The first-order chi connectivity index (χ1) is 8.79. The van der Waals surface area contributed by atoms with Crippen molar-refractivity contribution < 1.29 is 9.53 Å². The van der Waals surface area contributed by atoms with Crippen LogP contribution in [0.2, 0.25) is 0 Å². The molecular formula is C15H13NO2. The minimum atomic E-state index is -0.221. The molecule has 90 valence electrons. The quantitative estimate of drug-likeness (QED) is 0.828. The summed E-state index contributed by atoms with van der Waals surface area (Å²) in [7, 11) is 0. The average Bonchev–Trinajstić information content (AvgIpc) is 2.42. The second kappa shape index (κ2) is 5.74. The summed E-state index contributed by atoms with van der Waals surface area (Å²) in [4.78, 5) is 11.3. The Bertz CT molecular complexity index is 599. The predicted octanol–water partition coefficient (Wildman–Crippen LogP) is 1.97. The van der Waals surface area contributed by atoms with E-state index in [1.807, 2.05) is 42.5 Å². The zero-order valence-corrected chi connectivity index (χ0v) is 9.85. The summed E-state index contributed by atoms with van der Waals surface area (Å²) in [6.45, 7) is 0.194. The molecule has 0 unspecified atom stereocenters. The maximum Gasteiger partial charge on any atom is 0.258 e. The number of carbonyl (C=O) groups is 1. The number of fused-ring (bicyclic) bond motifs is 1. The molecule has 0 aliphatic rings. The maximum atomic E-state index is 11.3. The summed E-state index contributed by atoms with van der Waals surface area (Å²) in [6.07, 6.45) is 5.04. The van der Waals surface area contributed by atoms with Gasteiger partial charge in [-0.15, -0.1) is 6.42 Å². The summed E-state index contributed by atoms with van der Waals surface area (Å²) >= 11 is 0. The van der Waals surface area contributed by atoms with Crippen LogP contribution >= 0.6 is 0 Å². The molecule has 1 N–H and O–H groups in total. The fraction of sp³-hybridized carbons (Fsp3) is 0.133. The van der Waals surface area contributed by atoms with Crippen molar-refractivity contribution in [3.63, 3.8) is 0 Å². The number of terminal acetylenes is 1. The first kappa shape index (κ1) is 12.0. The van der Waals surface area contributed by atoms with Crippen LogP contribution in [0.4, 0.5) is 0 Å². The highest BCUT2D eigenvalue weighted by atomic mass is 16.5. The number of ether oxygens (including phenoxy) is 1. The number of amides is 1. The van der Waals surface area contributed by atoms with E-state index in [1.54, 1.807) is 0 Å². The third-order valence-corrected chi connectivity index (χ3v) is 2.48. The molecule has 2 aromatic carbocycles. The molecule has 0 heterocycles. The third kappa shape index (κ3) is 3.02. The number of hydrogen-bond donors (Lipinski definition) is 1. The van der Waals surface area contributed by atoms with Crippen molar-refractivity contribution in [2.24, 2.45) is 0 Å². The smallest absolute Gasteiger partial charge is 0.258 e. The highest BCUT2D eigenvalue weighted by Gasteiger charge is 2.02. The molecule has 0 bridgehead atoms. The lowest BCUT2D eigenvalue weighted by Crippen LogP contribution is -2.28. The molecule has 3 nitrogen and oxygen atoms in total. The average molecular weight is 239 g/mol. The van der Waals surface area contributed by atoms with Gasteiger partial charge in [-0.2, -0.15) is 0 Å². The van der Waals surface area contributed by atoms with E-state index in [-0.39, 0.29) is 19.1 Å². The van der Waals surface area contributed by atoms with Gasteiger partial charge in [0.2, 0.25) is 0 Å². The van der Waals surface area contributed by atoms with E-state index in [0.29, 0.717) is 5.75 Å². The molecule has 2 aromatic rings. The van der Waals surface area contributed by atoms with Crippen molar-refractivity contribution in [1.29, 1.82) is 0 Å². The van der Waals surface area contributed by atoms with E-state index in [4.69, 9.17) is 11.2 Å². The largest absolute Gasteiger partial charge is 0.484 e. The fourth-order valence-corrected chi connectivity index (χ4v) is 1.61. The van der Waals surface area contributed by atoms with Crippen LogP contribution in [-0.2, 0) is 4.79 Å². The Hall–Kier alpha value is -2.47. The Balaban J connectivity index is 2.00. The summed E-state index contributed by atoms with van der Waals surface area (Å²) in [5.41, 5.74) is 0. The van der Waals surface area contributed by atoms with Gasteiger partial charge in [0.25, 0.3) is 5.91 Å². The lowest BCUT2D eigenvalue weighted by molar-refractivity contribution is -0.122. The van der Waals surface area contributed by atoms with Gasteiger partial charge < -0.3 is 10.1 Å². The zero-order valence-electron chi connectivity index (χ0n) is 9.85. The molecule has 0 aromatic heterocycles. The highest BCUT2D eigenvalue weighted by Crippen LogP contribution is 2.20. The van der Waals surface area contributed by atoms with Crippen LogP contribution in [0.3, 0.4) is 0 Å². The van der Waals surface area contributed by atoms with Gasteiger partial charge in [-0.3, -0.25) is 4.79 Å². The first-order valence-corrected chi connectivity index (χ1v) is 5.61. The van der Waals surface area contributed by atoms with Crippen molar-refractivity contribution in [1.82, 2.24) is 5.32 Å². The highest BCUT2D eigenvalue weighted by molar-refractivity contribution is 5.84. The summed E-state index contributed by atoms with van der Waals surface area (Å²) in [5.74, 6) is 2.78. The van der Waals surface area contributed by atoms with Gasteiger partial charge in [-0.05, 0) is 22.9 Å². The molecule has 2 rings (SSSR count). The van der Waals surface area contributed by atoms with Crippen molar-refractivity contribution in [3.8, 4) is 18.1 Å². The molecular weight excluding hydrogens is 226 g/mol. The van der Waals surface area contributed by atoms with Crippen LogP contribution in [-0.4, -0.2) is 19.1 Å². The number of rotatable bonds is 4. The normalized spacial score (nSPS) is 9.72. The Kier molecular flexibility index (Phi) is 3.83. The molecule has 0 aliphatic carbocycles. The second-order valence-electron chi connectivity index (χ2n) is 3.78. The summed E-state index contributed by atoms with van der Waals surface area (Å²) < 4.78 is 5.39. The minimum Gasteiger partial charge on any atom is -0.484 e. The first-order valence-electron chi connectivity index (χ1n) is 5.61. The molecule has 0 radical (unpaired) electrons. The predicted molar refractivity (Wildman–Crippen MR) is 71.3 cm³/mol. The minimum absolute atomic E-state index is 0.0278. The molecule has 0 atom stereocenters. The number of benzene rings is 2. The Morgan fingerprint density at radius 3 is 2.78 bits per heavy atom. The van der Waals surface area contributed by atoms with E-state index < -0.39 is 0 Å². The van der Waals surface area contributed by atoms with Crippen LogP contribution in [0, 0.1) is 12.3 Å². The Morgan fingerprint density at radius 2 is 2.00 bits per heavy atom. The van der Waals surface area contributed by atoms with Crippen molar-refractivity contribution in [2.75, 3.05) is 13.2 Å². The molecule has 0 saturated carbocycles. The lowest BCUT2D eigenvalue weighted by atomic mass is 10.1. The topological polar surface area (TPSA) is 38.3 Å². The van der Waals surface area contributed by atoms with E-state index in [1.165, 1.54) is 0 Å². The van der Waals surface area contributed by atoms with Gasteiger partial charge in [-0.25, -0.2) is 0 Å². The lowest BCUT2D eigenvalue weighted by Gasteiger charge is -2.06. The van der Waals surface area contributed by atoms with E-state index >= 15 is 0 Å². The number of nitrogens with one attached hydrogen (secondary N) is 1. The Labute approximate surface area is 106 Å². The van der Waals surface area contributed by atoms with Gasteiger partial charge >= 0.3 is 0 Å². The van der Waals surface area contributed by atoms with Gasteiger partial charge in [0, 0.05) is 0 Å². The van der Waals surface area contributed by atoms with Crippen LogP contribution in [0.5, 0.6) is 5.75 Å². The van der Waals surface area contributed by atoms with Gasteiger partial charge in [0.15, 0.2) is 6.61 Å². The van der Waals surface area contributed by atoms with Gasteiger partial charge in [-0.1, -0.05) is 36.3 Å². The summed E-state index contributed by atoms with van der Waals surface area (Å²) in [5, 5.41) is 4.76. The van der Waals surface area contributed by atoms with E-state index in [2.05, 4.69) is 11.2 Å². The molecule has 0 saturated heterocycles. The van der Waals surface area contributed by atoms with Crippen LogP contribution in [0.25, 0.3) is 10.8 Å². The molecule has 1 amide bonds. The van der Waals surface area contributed by atoms with Crippen molar-refractivity contribution in [2.45, 2.75) is 0 Å². The molecule has 0 aliphatic heterocycles. The standard InChI is InChI=1S/C15H13NO2/c1-2-9-16-15(17)11-18-14-8-7-12-5-3-4-6-13(12)10-14/h1,3-8,10H,9,11H2,(H,16,17). The monoisotopic (exact) mass is 239 g/mol. The number of hydrogen-bond acceptors (Lipinski definition) is 2. The van der Waals surface area contributed by atoms with Crippen molar-refractivity contribution in [3.05, 3.63) is 42.5 Å². The molecule has 0 fully saturated rings. The van der Waals surface area contributed by atoms with Gasteiger partial charge in [0.05, 0.1) is 6.54 Å². The molecule has 18 heavy (non-hydrogen) atoms. The molecule has 3 heteroatoms. The second-order valence-corrected chi connectivity index (χ2v) is 3.78. The van der Waals surface area contributed by atoms with Crippen LogP contribution < -0.4 is 10.1 Å². The Morgan fingerprint density at radius 1 is 1.22 bits per heavy atom. The van der Waals surface area contributed by atoms with Crippen LogP contribution in [0.1, 0.15) is 0 Å². The zero-order chi connectivity index (χ0) is 12.8. The summed E-state index contributed by atoms with van der Waals surface area (Å²) in [6, 6.07) is 13.7. The van der Waals surface area contributed by atoms with E-state index in [0.717, 1.165) is 10.8 Å².